The molecule has 2 aliphatic heterocycles. The summed E-state index contributed by atoms with van der Waals surface area (Å²) in [6, 6.07) is 8.50. The molecule has 2 aromatic carbocycles. The van der Waals surface area contributed by atoms with Crippen molar-refractivity contribution in [3.63, 3.8) is 0 Å². The minimum absolute atomic E-state index is 0.0151. The van der Waals surface area contributed by atoms with E-state index in [1.165, 1.54) is 28.0 Å². The average Bonchev–Trinajstić information content (AvgIpc) is 3.03. The largest absolute Gasteiger partial charge is 0.444 e. The molecule has 3 amide bonds. The number of hydrogen-bond donors (Lipinski definition) is 1. The van der Waals surface area contributed by atoms with Gasteiger partial charge in [0.25, 0.3) is 0 Å². The Kier molecular flexibility index (Phi) is 11.1. The van der Waals surface area contributed by atoms with Crippen LogP contribution in [0.15, 0.2) is 42.5 Å². The van der Waals surface area contributed by atoms with Crippen molar-refractivity contribution < 1.29 is 36.7 Å². The van der Waals surface area contributed by atoms with E-state index in [1.807, 2.05) is 0 Å². The summed E-state index contributed by atoms with van der Waals surface area (Å²) in [6.45, 7) is 2.22. The molecule has 3 fully saturated rings. The number of aryl methyl sites for hydroxylation is 1. The van der Waals surface area contributed by atoms with E-state index < -0.39 is 48.4 Å². The van der Waals surface area contributed by atoms with Crippen molar-refractivity contribution in [3.8, 4) is 0 Å². The van der Waals surface area contributed by atoms with E-state index in [4.69, 9.17) is 10.5 Å². The Morgan fingerprint density at radius 2 is 1.68 bits per heavy atom. The fourth-order valence-corrected chi connectivity index (χ4v) is 7.29. The van der Waals surface area contributed by atoms with E-state index >= 15 is 0 Å². The number of rotatable bonds is 10. The molecule has 1 aliphatic carbocycles. The van der Waals surface area contributed by atoms with Gasteiger partial charge < -0.3 is 20.3 Å². The van der Waals surface area contributed by atoms with Crippen LogP contribution >= 0.6 is 0 Å². The first kappa shape index (κ1) is 34.7. The molecule has 0 aromatic heterocycles. The van der Waals surface area contributed by atoms with Crippen molar-refractivity contribution in [1.82, 2.24) is 14.7 Å². The summed E-state index contributed by atoms with van der Waals surface area (Å²) < 4.78 is 59.7. The molecule has 8 nitrogen and oxygen atoms in total. The van der Waals surface area contributed by atoms with Crippen LogP contribution in [-0.2, 0) is 33.5 Å². The van der Waals surface area contributed by atoms with Gasteiger partial charge in [0.1, 0.15) is 24.6 Å². The Hall–Kier alpha value is -3.67. The van der Waals surface area contributed by atoms with E-state index in [0.29, 0.717) is 49.4 Å². The highest BCUT2D eigenvalue weighted by Crippen LogP contribution is 2.35. The highest BCUT2D eigenvalue weighted by atomic mass is 19.4. The van der Waals surface area contributed by atoms with Gasteiger partial charge in [-0.15, -0.1) is 0 Å². The fourth-order valence-electron chi connectivity index (χ4n) is 7.29. The van der Waals surface area contributed by atoms with Crippen LogP contribution in [0, 0.1) is 24.6 Å². The van der Waals surface area contributed by atoms with Crippen molar-refractivity contribution in [2.45, 2.75) is 89.7 Å². The first-order valence-corrected chi connectivity index (χ1v) is 16.6. The first-order chi connectivity index (χ1) is 22.4. The Morgan fingerprint density at radius 3 is 2.36 bits per heavy atom. The summed E-state index contributed by atoms with van der Waals surface area (Å²) in [4.78, 5) is 46.9. The van der Waals surface area contributed by atoms with Crippen LogP contribution < -0.4 is 5.73 Å². The zero-order chi connectivity index (χ0) is 33.7. The van der Waals surface area contributed by atoms with Crippen molar-refractivity contribution in [2.24, 2.45) is 17.6 Å². The molecule has 5 rings (SSSR count). The summed E-state index contributed by atoms with van der Waals surface area (Å²) in [7, 11) is 0. The van der Waals surface area contributed by atoms with E-state index in [2.05, 4.69) is 0 Å². The lowest BCUT2D eigenvalue weighted by atomic mass is 9.87. The molecule has 2 heterocycles. The van der Waals surface area contributed by atoms with Gasteiger partial charge in [-0.1, -0.05) is 43.0 Å². The SMILES string of the molecule is Cc1cc(COC(=O)N2C[C@H](Cc3ccc(F)cc3)C(=O)N3[C@@H]2CN(CC2CCCCC2)C(=O)[C@@H]3CCCCN)cc(C(F)(F)F)c1. The number of unbranched alkanes of at least 4 members (excludes halogenated alkanes) is 1. The maximum absolute atomic E-state index is 14.2. The maximum Gasteiger partial charge on any atom is 0.416 e. The van der Waals surface area contributed by atoms with Crippen LogP contribution in [0.4, 0.5) is 22.4 Å². The summed E-state index contributed by atoms with van der Waals surface area (Å²) in [5.74, 6) is -1.24. The van der Waals surface area contributed by atoms with Crippen LogP contribution in [0.5, 0.6) is 0 Å². The van der Waals surface area contributed by atoms with E-state index in [9.17, 15) is 31.9 Å². The molecule has 3 aliphatic rings. The lowest BCUT2D eigenvalue weighted by Gasteiger charge is -2.54. The maximum atomic E-state index is 14.2. The molecule has 0 spiro atoms. The predicted octanol–water partition coefficient (Wildman–Crippen LogP) is 6.04. The minimum atomic E-state index is -4.55. The number of nitrogens with two attached hydrogens (primary N) is 1. The van der Waals surface area contributed by atoms with Gasteiger partial charge >= 0.3 is 12.3 Å². The number of amides is 3. The Bertz CT molecular complexity index is 1410. The third kappa shape index (κ3) is 8.44. The Morgan fingerprint density at radius 1 is 0.957 bits per heavy atom. The summed E-state index contributed by atoms with van der Waals surface area (Å²) in [5, 5.41) is 0. The van der Waals surface area contributed by atoms with Gasteiger partial charge in [-0.25, -0.2) is 9.18 Å². The minimum Gasteiger partial charge on any atom is -0.444 e. The smallest absolute Gasteiger partial charge is 0.416 e. The molecule has 2 aromatic rings. The van der Waals surface area contributed by atoms with Crippen molar-refractivity contribution in [1.29, 1.82) is 0 Å². The molecule has 1 saturated carbocycles. The number of carbonyl (C=O) groups is 3. The second-order valence-corrected chi connectivity index (χ2v) is 13.2. The molecule has 256 valence electrons. The monoisotopic (exact) mass is 660 g/mol. The van der Waals surface area contributed by atoms with E-state index in [0.717, 1.165) is 44.2 Å². The lowest BCUT2D eigenvalue weighted by Crippen LogP contribution is -2.73. The highest BCUT2D eigenvalue weighted by Gasteiger charge is 2.52. The summed E-state index contributed by atoms with van der Waals surface area (Å²) in [5.41, 5.74) is 6.19. The van der Waals surface area contributed by atoms with Crippen molar-refractivity contribution in [2.75, 3.05) is 26.2 Å². The summed E-state index contributed by atoms with van der Waals surface area (Å²) >= 11 is 0. The number of piperazine rings is 1. The molecule has 0 bridgehead atoms. The second-order valence-electron chi connectivity index (χ2n) is 13.2. The molecule has 2 N–H and O–H groups in total. The number of benzene rings is 2. The molecule has 0 unspecified atom stereocenters. The quantitative estimate of drug-likeness (QED) is 0.248. The standard InChI is InChI=1S/C35H44F4N4O4/c1-23-15-26(18-28(16-23)35(37,38)39)22-47-34(46)42-20-27(17-24-10-12-29(36)13-11-24)32(44)43-30(9-5-6-14-40)33(45)41(21-31(42)43)19-25-7-3-2-4-8-25/h10-13,15-16,18,25,27,30-31H,2-9,14,17,19-22,40H2,1H3/t27-,30-,31+/m0/s1. The zero-order valence-electron chi connectivity index (χ0n) is 26.8. The van der Waals surface area contributed by atoms with Crippen molar-refractivity contribution in [3.05, 3.63) is 70.5 Å². The van der Waals surface area contributed by atoms with Gasteiger partial charge in [0.15, 0.2) is 0 Å². The fraction of sp³-hybridized carbons (Fsp3) is 0.571. The van der Waals surface area contributed by atoms with Crippen LogP contribution in [-0.4, -0.2) is 71.0 Å². The normalized spacial score (nSPS) is 22.4. The molecule has 12 heteroatoms. The topological polar surface area (TPSA) is 96.2 Å². The zero-order valence-corrected chi connectivity index (χ0v) is 26.8. The number of ether oxygens (including phenoxy) is 1. The molecule has 0 radical (unpaired) electrons. The second kappa shape index (κ2) is 15.0. The molecule has 47 heavy (non-hydrogen) atoms. The van der Waals surface area contributed by atoms with Crippen LogP contribution in [0.1, 0.15) is 73.6 Å². The van der Waals surface area contributed by atoms with Gasteiger partial charge in [0, 0.05) is 13.1 Å². The molecule has 2 saturated heterocycles. The molecular weight excluding hydrogens is 616 g/mol. The number of alkyl halides is 3. The number of fused-ring (bicyclic) bond motifs is 1. The van der Waals surface area contributed by atoms with Crippen LogP contribution in [0.3, 0.4) is 0 Å². The van der Waals surface area contributed by atoms with Gasteiger partial charge in [-0.2, -0.15) is 13.2 Å². The molecular formula is C35H44F4N4O4. The lowest BCUT2D eigenvalue weighted by molar-refractivity contribution is -0.174. The molecule has 3 atom stereocenters. The predicted molar refractivity (Wildman–Crippen MR) is 167 cm³/mol. The third-order valence-corrected chi connectivity index (χ3v) is 9.61. The van der Waals surface area contributed by atoms with Gasteiger partial charge in [0.05, 0.1) is 18.0 Å². The highest BCUT2D eigenvalue weighted by molar-refractivity contribution is 5.91. The number of nitrogens with zero attached hydrogens (tertiary/aromatic N) is 3. The summed E-state index contributed by atoms with van der Waals surface area (Å²) in [6.07, 6.45) is 1.11. The Balaban J connectivity index is 1.44. The third-order valence-electron chi connectivity index (χ3n) is 9.61. The van der Waals surface area contributed by atoms with Crippen LogP contribution in [0.25, 0.3) is 0 Å². The van der Waals surface area contributed by atoms with Crippen LogP contribution in [0.2, 0.25) is 0 Å². The Labute approximate surface area is 273 Å². The average molecular weight is 661 g/mol. The van der Waals surface area contributed by atoms with Gasteiger partial charge in [-0.05, 0) is 93.3 Å². The van der Waals surface area contributed by atoms with E-state index in [1.54, 1.807) is 24.0 Å². The van der Waals surface area contributed by atoms with Gasteiger partial charge in [0.2, 0.25) is 11.8 Å². The first-order valence-electron chi connectivity index (χ1n) is 16.6. The van der Waals surface area contributed by atoms with Crippen molar-refractivity contribution >= 4 is 17.9 Å². The number of halogens is 4. The van der Waals surface area contributed by atoms with E-state index in [-0.39, 0.29) is 36.9 Å². The number of hydrogen-bond acceptors (Lipinski definition) is 5. The van der Waals surface area contributed by atoms with Gasteiger partial charge in [-0.3, -0.25) is 14.5 Å². The number of carbonyl (C=O) groups excluding carboxylic acids is 3.